The van der Waals surface area contributed by atoms with Gasteiger partial charge in [-0.2, -0.15) is 0 Å². The van der Waals surface area contributed by atoms with Gasteiger partial charge < -0.3 is 28.8 Å². The summed E-state index contributed by atoms with van der Waals surface area (Å²) in [5, 5.41) is 13.1. The highest BCUT2D eigenvalue weighted by molar-refractivity contribution is 5.96. The molecule has 6 aliphatic heterocycles. The van der Waals surface area contributed by atoms with Crippen molar-refractivity contribution in [1.29, 1.82) is 0 Å². The third-order valence-corrected chi connectivity index (χ3v) is 16.9. The molecule has 4 saturated carbocycles. The number of hydrogen-bond donors (Lipinski definition) is 1. The van der Waals surface area contributed by atoms with Crippen molar-refractivity contribution in [2.45, 2.75) is 165 Å². The van der Waals surface area contributed by atoms with E-state index in [4.69, 9.17) is 23.7 Å². The second-order valence-electron chi connectivity index (χ2n) is 19.5. The lowest BCUT2D eigenvalue weighted by molar-refractivity contribution is -0.279. The summed E-state index contributed by atoms with van der Waals surface area (Å²) in [5.41, 5.74) is -3.28. The summed E-state index contributed by atoms with van der Waals surface area (Å²) >= 11 is 0. The Bertz CT molecular complexity index is 1710. The molecule has 294 valence electrons. The molecule has 11 nitrogen and oxygen atoms in total. The largest absolute Gasteiger partial charge is 0.464 e. The van der Waals surface area contributed by atoms with Gasteiger partial charge in [0.2, 0.25) is 0 Å². The fourth-order valence-corrected chi connectivity index (χ4v) is 15.1. The molecule has 11 heteroatoms. The average Bonchev–Trinajstić information content (AvgIpc) is 3.83. The number of cyclic esters (lactones) is 2. The number of epoxide rings is 1. The first-order chi connectivity index (χ1) is 26.0. The van der Waals surface area contributed by atoms with Crippen molar-refractivity contribution in [3.63, 3.8) is 0 Å². The Morgan fingerprint density at radius 2 is 1.69 bits per heavy atom. The summed E-state index contributed by atoms with van der Waals surface area (Å²) < 4.78 is 33.3. The first-order valence-electron chi connectivity index (χ1n) is 21.3. The second kappa shape index (κ2) is 12.3. The molecule has 4 aliphatic carbocycles. The van der Waals surface area contributed by atoms with Crippen LogP contribution in [0, 0.1) is 39.4 Å². The van der Waals surface area contributed by atoms with Gasteiger partial charge in [0, 0.05) is 22.0 Å². The van der Waals surface area contributed by atoms with Crippen LogP contribution in [-0.2, 0) is 38.1 Å². The molecule has 0 amide bonds. The standard InChI is InChI=1S/C43H58N2O9/c1-38(2)31-30(46)32(47)42(25-12-8-9-13-25)29(41(31)23-51-37(49)40(36(41)54-38)18-10-11-19-40)16-20-39(3)33(52-35(48)34-43(39,42)53-34)27-17-21-50-28(27)15-7-5-4-6-14-26-22-44-24-45-26/h17,24-25,28-29,31-34,36,47H,4-16,18-23H2,1-3H3. The Balaban J connectivity index is 1.02. The van der Waals surface area contributed by atoms with Gasteiger partial charge in [-0.1, -0.05) is 57.9 Å². The maximum absolute atomic E-state index is 15.4. The van der Waals surface area contributed by atoms with E-state index in [9.17, 15) is 14.7 Å². The SMILES string of the molecule is CC1(C)OC2C3(CCCC3)C(=O)OCC23C1C(=O)C(O)C1(C2CCCC2)C3CCC2(C)C(C3=CCOC3CCCCCCC3=NC=NC3)OC(=O)C3OC321. The van der Waals surface area contributed by atoms with E-state index in [1.165, 1.54) is 0 Å². The average molecular weight is 747 g/mol. The van der Waals surface area contributed by atoms with Crippen LogP contribution in [0.4, 0.5) is 0 Å². The quantitative estimate of drug-likeness (QED) is 0.137. The van der Waals surface area contributed by atoms with Gasteiger partial charge in [0.1, 0.15) is 30.8 Å². The first kappa shape index (κ1) is 35.9. The number of rotatable bonds is 9. The number of esters is 2. The highest BCUT2D eigenvalue weighted by Gasteiger charge is 2.93. The molecule has 11 unspecified atom stereocenters. The number of ketones is 1. The van der Waals surface area contributed by atoms with E-state index in [0.717, 1.165) is 94.9 Å². The van der Waals surface area contributed by atoms with Gasteiger partial charge in [-0.15, -0.1) is 0 Å². The van der Waals surface area contributed by atoms with Gasteiger partial charge >= 0.3 is 11.9 Å². The van der Waals surface area contributed by atoms with Crippen molar-refractivity contribution in [1.82, 2.24) is 0 Å². The number of fused-ring (bicyclic) bond motifs is 2. The zero-order valence-corrected chi connectivity index (χ0v) is 32.3. The number of unbranched alkanes of at least 4 members (excludes halogenated alkanes) is 3. The number of Topliss-reactive ketones (excluding diaryl/α,β-unsaturated/α-hetero) is 1. The predicted molar refractivity (Wildman–Crippen MR) is 197 cm³/mol. The maximum Gasteiger partial charge on any atom is 0.339 e. The number of carbonyl (C=O) groups is 3. The molecule has 0 aromatic carbocycles. The Kier molecular flexibility index (Phi) is 8.16. The van der Waals surface area contributed by atoms with Crippen LogP contribution < -0.4 is 0 Å². The Labute approximate surface area is 318 Å². The summed E-state index contributed by atoms with van der Waals surface area (Å²) in [5.74, 6) is -1.76. The molecule has 10 aliphatic rings. The number of hydrogen-bond acceptors (Lipinski definition) is 11. The summed E-state index contributed by atoms with van der Waals surface area (Å²) in [6, 6.07) is 0. The minimum absolute atomic E-state index is 0.0409. The molecule has 1 N–H and O–H groups in total. The van der Waals surface area contributed by atoms with Gasteiger partial charge in [-0.3, -0.25) is 14.6 Å². The van der Waals surface area contributed by atoms with Gasteiger partial charge in [0.25, 0.3) is 0 Å². The third kappa shape index (κ3) is 4.36. The van der Waals surface area contributed by atoms with Crippen LogP contribution in [0.2, 0.25) is 0 Å². The first-order valence-corrected chi connectivity index (χ1v) is 21.3. The molecule has 0 aromatic rings. The molecule has 54 heavy (non-hydrogen) atoms. The topological polar surface area (TPSA) is 146 Å². The molecule has 8 fully saturated rings. The van der Waals surface area contributed by atoms with E-state index in [1.54, 1.807) is 6.34 Å². The second-order valence-corrected chi connectivity index (χ2v) is 19.5. The van der Waals surface area contributed by atoms with Crippen LogP contribution in [-0.4, -0.2) is 96.4 Å². The molecule has 0 aromatic heterocycles. The van der Waals surface area contributed by atoms with E-state index in [2.05, 4.69) is 23.0 Å². The van der Waals surface area contributed by atoms with Crippen LogP contribution >= 0.6 is 0 Å². The fraction of sp³-hybridized carbons (Fsp3) is 0.837. The van der Waals surface area contributed by atoms with E-state index >= 15 is 4.79 Å². The van der Waals surface area contributed by atoms with Gasteiger partial charge in [-0.05, 0) is 89.0 Å². The molecule has 10 rings (SSSR count). The van der Waals surface area contributed by atoms with Gasteiger partial charge in [0.15, 0.2) is 11.9 Å². The zero-order chi connectivity index (χ0) is 37.3. The fourth-order valence-electron chi connectivity index (χ4n) is 15.1. The minimum atomic E-state index is -1.34. The number of aliphatic hydroxyl groups is 1. The van der Waals surface area contributed by atoms with Crippen molar-refractivity contribution in [3.8, 4) is 0 Å². The smallest absolute Gasteiger partial charge is 0.339 e. The molecule has 6 heterocycles. The molecule has 0 bridgehead atoms. The summed E-state index contributed by atoms with van der Waals surface area (Å²) in [6.07, 6.45) is 14.6. The van der Waals surface area contributed by atoms with Crippen LogP contribution in [0.5, 0.6) is 0 Å². The number of aliphatic hydroxyl groups excluding tert-OH is 1. The van der Waals surface area contributed by atoms with E-state index in [1.807, 2.05) is 13.8 Å². The molecule has 3 spiro atoms. The molecule has 11 atom stereocenters. The van der Waals surface area contributed by atoms with E-state index < -0.39 is 69.2 Å². The van der Waals surface area contributed by atoms with Gasteiger partial charge in [0.05, 0.1) is 42.3 Å². The van der Waals surface area contributed by atoms with E-state index in [0.29, 0.717) is 32.3 Å². The van der Waals surface area contributed by atoms with Crippen molar-refractivity contribution in [3.05, 3.63) is 11.6 Å². The van der Waals surface area contributed by atoms with Gasteiger partial charge in [-0.25, -0.2) is 9.79 Å². The van der Waals surface area contributed by atoms with Crippen LogP contribution in [0.25, 0.3) is 0 Å². The Hall–Kier alpha value is -2.47. The predicted octanol–water partition coefficient (Wildman–Crippen LogP) is 5.63. The Morgan fingerprint density at radius 3 is 2.44 bits per heavy atom. The number of nitrogens with zero attached hydrogens (tertiary/aromatic N) is 2. The van der Waals surface area contributed by atoms with E-state index in [-0.39, 0.29) is 36.3 Å². The monoisotopic (exact) mass is 746 g/mol. The van der Waals surface area contributed by atoms with Crippen molar-refractivity contribution in [2.75, 3.05) is 19.8 Å². The lowest BCUT2D eigenvalue weighted by atomic mass is 9.32. The Morgan fingerprint density at radius 1 is 0.907 bits per heavy atom. The van der Waals surface area contributed by atoms with Crippen LogP contribution in [0.15, 0.2) is 21.6 Å². The summed E-state index contributed by atoms with van der Waals surface area (Å²) in [4.78, 5) is 52.2. The number of aliphatic imine (C=N–C) groups is 2. The normalized spacial score (nSPS) is 46.7. The lowest BCUT2D eigenvalue weighted by Crippen LogP contribution is -2.80. The maximum atomic E-state index is 15.4. The van der Waals surface area contributed by atoms with Crippen molar-refractivity contribution < 1.29 is 43.2 Å². The molecule has 0 radical (unpaired) electrons. The molecular weight excluding hydrogens is 688 g/mol. The highest BCUT2D eigenvalue weighted by atomic mass is 16.7. The highest BCUT2D eigenvalue weighted by Crippen LogP contribution is 2.82. The van der Waals surface area contributed by atoms with Crippen LogP contribution in [0.3, 0.4) is 0 Å². The lowest BCUT2D eigenvalue weighted by Gasteiger charge is -2.70. The minimum Gasteiger partial charge on any atom is -0.464 e. The molecule has 4 saturated heterocycles. The molecular formula is C43H58N2O9. The number of carbonyl (C=O) groups excluding carboxylic acids is 3. The van der Waals surface area contributed by atoms with Crippen LogP contribution in [0.1, 0.15) is 124 Å². The third-order valence-electron chi connectivity index (χ3n) is 16.9. The zero-order valence-electron chi connectivity index (χ0n) is 32.3. The van der Waals surface area contributed by atoms with Crippen molar-refractivity contribution >= 4 is 29.8 Å². The summed E-state index contributed by atoms with van der Waals surface area (Å²) in [7, 11) is 0. The van der Waals surface area contributed by atoms with Crippen molar-refractivity contribution in [2.24, 2.45) is 49.4 Å². The number of ether oxygens (including phenoxy) is 5. The summed E-state index contributed by atoms with van der Waals surface area (Å²) in [6.45, 7) is 7.43.